The van der Waals surface area contributed by atoms with Crippen LogP contribution in [0, 0.1) is 0 Å². The zero-order chi connectivity index (χ0) is 28.1. The number of halogens is 1. The lowest BCUT2D eigenvalue weighted by atomic mass is 10.1. The number of anilines is 1. The van der Waals surface area contributed by atoms with Crippen LogP contribution in [0.3, 0.4) is 0 Å². The first-order chi connectivity index (χ1) is 19.3. The first-order valence-electron chi connectivity index (χ1n) is 12.6. The maximum atomic E-state index is 13.1. The summed E-state index contributed by atoms with van der Waals surface area (Å²) in [6.45, 7) is 0.0212. The van der Waals surface area contributed by atoms with Crippen molar-refractivity contribution in [3.8, 4) is 10.6 Å². The number of hydrogen-bond donors (Lipinski definition) is 2. The van der Waals surface area contributed by atoms with Gasteiger partial charge in [-0.1, -0.05) is 42.3 Å². The van der Waals surface area contributed by atoms with E-state index in [-0.39, 0.29) is 16.1 Å². The number of nitrogens with one attached hydrogen (secondary N) is 2. The van der Waals surface area contributed by atoms with Crippen LogP contribution in [-0.4, -0.2) is 44.3 Å². The molecular weight excluding hydrogens is 572 g/mol. The van der Waals surface area contributed by atoms with Crippen LogP contribution in [0.5, 0.6) is 0 Å². The molecule has 0 spiro atoms. The number of carbonyl (C=O) groups is 2. The van der Waals surface area contributed by atoms with Crippen LogP contribution >= 0.6 is 22.9 Å². The van der Waals surface area contributed by atoms with Gasteiger partial charge >= 0.3 is 5.97 Å². The Morgan fingerprint density at radius 2 is 1.85 bits per heavy atom. The van der Waals surface area contributed by atoms with Crippen molar-refractivity contribution in [3.63, 3.8) is 0 Å². The summed E-state index contributed by atoms with van der Waals surface area (Å²) in [6, 6.07) is 18.2. The van der Waals surface area contributed by atoms with Gasteiger partial charge in [0.25, 0.3) is 15.9 Å². The zero-order valence-corrected chi connectivity index (χ0v) is 23.6. The molecule has 0 radical (unpaired) electrons. The van der Waals surface area contributed by atoms with Crippen LogP contribution in [0.2, 0.25) is 4.34 Å². The lowest BCUT2D eigenvalue weighted by Crippen LogP contribution is -2.30. The number of aliphatic imine (C=N–C) groups is 1. The number of esters is 1. The van der Waals surface area contributed by atoms with Gasteiger partial charge in [-0.05, 0) is 55.3 Å². The quantitative estimate of drug-likeness (QED) is 0.265. The molecule has 206 valence electrons. The Balaban J connectivity index is 1.27. The summed E-state index contributed by atoms with van der Waals surface area (Å²) >= 11 is 7.41. The molecule has 1 amide bonds. The normalized spacial score (nSPS) is 13.8. The van der Waals surface area contributed by atoms with E-state index in [1.165, 1.54) is 29.5 Å². The Hall–Kier alpha value is -3.80. The first kappa shape index (κ1) is 27.8. The summed E-state index contributed by atoms with van der Waals surface area (Å²) in [5.74, 6) is -0.872. The Kier molecular flexibility index (Phi) is 8.43. The molecule has 12 heteroatoms. The van der Waals surface area contributed by atoms with E-state index >= 15 is 0 Å². The summed E-state index contributed by atoms with van der Waals surface area (Å²) < 4.78 is 34.2. The van der Waals surface area contributed by atoms with Crippen molar-refractivity contribution in [2.24, 2.45) is 4.99 Å². The number of sulfonamides is 1. The third kappa shape index (κ3) is 6.67. The number of fused-ring (bicyclic) bond motifs is 1. The number of aromatic nitrogens is 1. The number of carbonyl (C=O) groups excluding carboxylic acids is 2. The molecule has 9 nitrogen and oxygen atoms in total. The minimum atomic E-state index is -3.87. The highest BCUT2D eigenvalue weighted by Crippen LogP contribution is 2.32. The van der Waals surface area contributed by atoms with Gasteiger partial charge in [0.2, 0.25) is 0 Å². The molecule has 0 fully saturated rings. The molecule has 40 heavy (non-hydrogen) atoms. The van der Waals surface area contributed by atoms with E-state index in [1.807, 2.05) is 12.1 Å². The van der Waals surface area contributed by atoms with Gasteiger partial charge in [0, 0.05) is 24.0 Å². The molecule has 0 unspecified atom stereocenters. The van der Waals surface area contributed by atoms with E-state index in [9.17, 15) is 18.0 Å². The predicted molar refractivity (Wildman–Crippen MR) is 157 cm³/mol. The zero-order valence-electron chi connectivity index (χ0n) is 21.2. The van der Waals surface area contributed by atoms with Crippen LogP contribution in [0.15, 0.2) is 76.6 Å². The number of rotatable bonds is 7. The van der Waals surface area contributed by atoms with Gasteiger partial charge in [-0.15, -0.1) is 11.3 Å². The van der Waals surface area contributed by atoms with E-state index in [0.717, 1.165) is 24.1 Å². The van der Waals surface area contributed by atoms with Crippen molar-refractivity contribution in [1.29, 1.82) is 0 Å². The maximum absolute atomic E-state index is 13.1. The van der Waals surface area contributed by atoms with Crippen LogP contribution < -0.4 is 10.0 Å². The van der Waals surface area contributed by atoms with E-state index in [4.69, 9.17) is 16.3 Å². The molecule has 0 atom stereocenters. The molecule has 4 aromatic rings. The van der Waals surface area contributed by atoms with Gasteiger partial charge in [0.15, 0.2) is 6.61 Å². The monoisotopic (exact) mass is 596 g/mol. The third-order valence-corrected chi connectivity index (χ3v) is 8.78. The van der Waals surface area contributed by atoms with E-state index in [0.29, 0.717) is 39.7 Å². The van der Waals surface area contributed by atoms with Crippen molar-refractivity contribution in [2.75, 3.05) is 18.5 Å². The van der Waals surface area contributed by atoms with Gasteiger partial charge < -0.3 is 10.1 Å². The lowest BCUT2D eigenvalue weighted by Gasteiger charge is -2.12. The molecule has 2 aromatic heterocycles. The fraction of sp³-hybridized carbons (Fsp3) is 0.214. The number of para-hydroxylation sites is 1. The van der Waals surface area contributed by atoms with E-state index in [2.05, 4.69) is 20.0 Å². The number of thiophene rings is 1. The summed E-state index contributed by atoms with van der Waals surface area (Å²) in [7, 11) is -3.87. The molecule has 0 saturated carbocycles. The van der Waals surface area contributed by atoms with Gasteiger partial charge in [-0.3, -0.25) is 14.5 Å². The standard InChI is InChI=1S/C28H25ClN4O5S2/c29-25-13-12-24(39-25)23-16-21(20-9-3-4-10-22(20)32-23)28(35)38-17-27(34)31-18-7-6-8-19(15-18)40(36,37)33-26-11-2-1-5-14-30-26/h3-4,6-10,12-13,15-16H,1-2,5,11,14,17H2,(H,30,33)(H,31,34). The molecule has 3 heterocycles. The van der Waals surface area contributed by atoms with Gasteiger partial charge in [0.1, 0.15) is 5.84 Å². The SMILES string of the molecule is O=C(COC(=O)c1cc(-c2ccc(Cl)s2)nc2ccccc12)Nc1cccc(S(=O)(=O)NC2=NCCCCC2)c1. The van der Waals surface area contributed by atoms with Crippen LogP contribution in [-0.2, 0) is 19.6 Å². The predicted octanol–water partition coefficient (Wildman–Crippen LogP) is 5.66. The van der Waals surface area contributed by atoms with Gasteiger partial charge in [-0.2, -0.15) is 0 Å². The summed E-state index contributed by atoms with van der Waals surface area (Å²) in [6.07, 6.45) is 3.37. The van der Waals surface area contributed by atoms with Crippen LogP contribution in [0.4, 0.5) is 5.69 Å². The third-order valence-electron chi connectivity index (χ3n) is 6.15. The second-order valence-electron chi connectivity index (χ2n) is 9.07. The van der Waals surface area contributed by atoms with Crippen molar-refractivity contribution >= 4 is 67.3 Å². The van der Waals surface area contributed by atoms with Crippen molar-refractivity contribution in [2.45, 2.75) is 30.6 Å². The topological polar surface area (TPSA) is 127 Å². The van der Waals surface area contributed by atoms with Crippen molar-refractivity contribution in [3.05, 3.63) is 76.6 Å². The number of amides is 1. The summed E-state index contributed by atoms with van der Waals surface area (Å²) in [4.78, 5) is 35.4. The highest BCUT2D eigenvalue weighted by molar-refractivity contribution is 7.90. The second kappa shape index (κ2) is 12.2. The molecule has 0 saturated heterocycles. The number of hydrogen-bond acceptors (Lipinski definition) is 8. The minimum absolute atomic E-state index is 0.0151. The molecule has 5 rings (SSSR count). The summed E-state index contributed by atoms with van der Waals surface area (Å²) in [5, 5.41) is 3.17. The maximum Gasteiger partial charge on any atom is 0.339 e. The number of nitrogens with zero attached hydrogens (tertiary/aromatic N) is 2. The van der Waals surface area contributed by atoms with Crippen molar-refractivity contribution < 1.29 is 22.7 Å². The first-order valence-corrected chi connectivity index (χ1v) is 15.2. The molecule has 1 aliphatic rings. The van der Waals surface area contributed by atoms with Gasteiger partial charge in [0.05, 0.1) is 30.9 Å². The fourth-order valence-electron chi connectivity index (χ4n) is 4.24. The Labute approximate surface area is 240 Å². The average molecular weight is 597 g/mol. The van der Waals surface area contributed by atoms with Gasteiger partial charge in [-0.25, -0.2) is 18.2 Å². The number of ether oxygens (including phenoxy) is 1. The lowest BCUT2D eigenvalue weighted by molar-refractivity contribution is -0.119. The highest BCUT2D eigenvalue weighted by atomic mass is 35.5. The fourth-order valence-corrected chi connectivity index (χ4v) is 6.38. The van der Waals surface area contributed by atoms with Crippen molar-refractivity contribution in [1.82, 2.24) is 9.71 Å². The number of pyridine rings is 1. The van der Waals surface area contributed by atoms with E-state index < -0.39 is 28.5 Å². The molecule has 2 aromatic carbocycles. The number of benzene rings is 2. The molecule has 2 N–H and O–H groups in total. The average Bonchev–Trinajstić information content (AvgIpc) is 3.22. The summed E-state index contributed by atoms with van der Waals surface area (Å²) in [5.41, 5.74) is 1.67. The Morgan fingerprint density at radius 1 is 1.00 bits per heavy atom. The molecule has 1 aliphatic heterocycles. The minimum Gasteiger partial charge on any atom is -0.452 e. The highest BCUT2D eigenvalue weighted by Gasteiger charge is 2.20. The van der Waals surface area contributed by atoms with Crippen LogP contribution in [0.1, 0.15) is 36.0 Å². The Bertz CT molecular complexity index is 1720. The molecular formula is C28H25ClN4O5S2. The van der Waals surface area contributed by atoms with E-state index in [1.54, 1.807) is 36.4 Å². The largest absolute Gasteiger partial charge is 0.452 e. The molecule has 0 bridgehead atoms. The molecule has 0 aliphatic carbocycles. The second-order valence-corrected chi connectivity index (χ2v) is 12.5. The Morgan fingerprint density at radius 3 is 2.67 bits per heavy atom. The smallest absolute Gasteiger partial charge is 0.339 e. The number of amidine groups is 1. The van der Waals surface area contributed by atoms with Crippen LogP contribution in [0.25, 0.3) is 21.5 Å².